The van der Waals surface area contributed by atoms with E-state index >= 15 is 0 Å². The number of carbonyl (C=O) groups is 2. The normalized spacial score (nSPS) is 18.6. The number of esters is 1. The number of aromatic amines is 1. The minimum atomic E-state index is -0.771. The van der Waals surface area contributed by atoms with Crippen LogP contribution in [-0.4, -0.2) is 66.9 Å². The number of anilines is 1. The summed E-state index contributed by atoms with van der Waals surface area (Å²) in [5.74, 6) is 0.855. The summed E-state index contributed by atoms with van der Waals surface area (Å²) < 4.78 is 23.2. The van der Waals surface area contributed by atoms with Gasteiger partial charge in [0, 0.05) is 36.9 Å². The number of hydrogen-bond acceptors (Lipinski definition) is 8. The van der Waals surface area contributed by atoms with Crippen molar-refractivity contribution in [3.05, 3.63) is 118 Å². The molecule has 0 aliphatic carbocycles. The van der Waals surface area contributed by atoms with Crippen molar-refractivity contribution >= 4 is 51.9 Å². The molecule has 3 aliphatic heterocycles. The van der Waals surface area contributed by atoms with Gasteiger partial charge in [-0.2, -0.15) is 0 Å². The highest BCUT2D eigenvalue weighted by Gasteiger charge is 2.37. The number of amides is 1. The summed E-state index contributed by atoms with van der Waals surface area (Å²) in [6, 6.07) is 20.2. The molecule has 8 rings (SSSR count). The molecule has 3 aromatic carbocycles. The molecule has 10 nitrogen and oxygen atoms in total. The van der Waals surface area contributed by atoms with Crippen LogP contribution in [0.5, 0.6) is 11.5 Å². The average Bonchev–Trinajstić information content (AvgIpc) is 3.65. The van der Waals surface area contributed by atoms with E-state index in [-0.39, 0.29) is 19.1 Å². The van der Waals surface area contributed by atoms with Crippen LogP contribution in [0.3, 0.4) is 0 Å². The summed E-state index contributed by atoms with van der Waals surface area (Å²) in [6.45, 7) is 3.11. The molecule has 0 unspecified atom stereocenters. The number of nitrogens with one attached hydrogen (secondary N) is 1. The van der Waals surface area contributed by atoms with Crippen LogP contribution in [-0.2, 0) is 22.4 Å². The molecule has 2 aromatic heterocycles. The third-order valence-corrected chi connectivity index (χ3v) is 10.5. The molecule has 0 spiro atoms. The predicted molar refractivity (Wildman–Crippen MR) is 196 cm³/mol. The van der Waals surface area contributed by atoms with Crippen molar-refractivity contribution in [3.63, 3.8) is 0 Å². The molecule has 3 fully saturated rings. The number of para-hydroxylation sites is 1. The molecule has 5 aromatic rings. The van der Waals surface area contributed by atoms with E-state index in [0.717, 1.165) is 54.6 Å². The van der Waals surface area contributed by atoms with Crippen LogP contribution in [0.1, 0.15) is 46.0 Å². The van der Waals surface area contributed by atoms with Gasteiger partial charge < -0.3 is 23.9 Å². The van der Waals surface area contributed by atoms with Crippen LogP contribution in [0, 0.1) is 5.92 Å². The second kappa shape index (κ2) is 15.2. The molecule has 0 saturated carbocycles. The lowest BCUT2D eigenvalue weighted by Gasteiger charge is -2.44. The first-order valence-corrected chi connectivity index (χ1v) is 17.6. The van der Waals surface area contributed by atoms with E-state index in [9.17, 15) is 9.59 Å². The summed E-state index contributed by atoms with van der Waals surface area (Å²) in [5.41, 5.74) is 3.98. The standard InChI is InChI=1S/C39H38Cl2N4O6/c1-48-33-11-10-28(18-35(33)49-2)34(19-29-30(40)20-42-21-31(29)41)50-38(46)27-8-6-24(7-9-27)22-45(32-5-3-4-26-12-15-43-37(26)32)39(47)51-36-23-44-16-13-25(36)14-17-44/h3-12,15,18,20-21,25,34,36,43H,13-14,16-17,19,22-23H2,1-2H3/t34-,36-/m0/s1. The number of piperidine rings is 3. The van der Waals surface area contributed by atoms with Gasteiger partial charge in [-0.1, -0.05) is 53.5 Å². The van der Waals surface area contributed by atoms with Crippen LogP contribution >= 0.6 is 23.2 Å². The fourth-order valence-electron chi connectivity index (χ4n) is 7.00. The highest BCUT2D eigenvalue weighted by Crippen LogP contribution is 2.36. The Balaban J connectivity index is 1.12. The minimum Gasteiger partial charge on any atom is -0.493 e. The first-order valence-electron chi connectivity index (χ1n) is 16.9. The van der Waals surface area contributed by atoms with E-state index in [1.807, 2.05) is 42.6 Å². The lowest BCUT2D eigenvalue weighted by atomic mass is 9.86. The van der Waals surface area contributed by atoms with E-state index in [1.165, 1.54) is 19.5 Å². The first kappa shape index (κ1) is 34.7. The molecule has 5 heterocycles. The summed E-state index contributed by atoms with van der Waals surface area (Å²) in [7, 11) is 3.09. The lowest BCUT2D eigenvalue weighted by molar-refractivity contribution is -0.0311. The zero-order valence-corrected chi connectivity index (χ0v) is 29.8. The van der Waals surface area contributed by atoms with E-state index < -0.39 is 18.2 Å². The number of benzene rings is 3. The van der Waals surface area contributed by atoms with Crippen LogP contribution < -0.4 is 14.4 Å². The fraction of sp³-hybridized carbons (Fsp3) is 0.308. The van der Waals surface area contributed by atoms with Crippen LogP contribution in [0.4, 0.5) is 10.5 Å². The number of ether oxygens (including phenoxy) is 4. The topological polar surface area (TPSA) is 106 Å². The maximum atomic E-state index is 13.9. The SMILES string of the molecule is COc1ccc([C@H](Cc2c(Cl)cncc2Cl)OC(=O)c2ccc(CN(C(=O)O[C@H]3CN4CCC3CC4)c3cccc4cc[nH]c34)cc2)cc1OC. The van der Waals surface area contributed by atoms with Gasteiger partial charge in [0.2, 0.25) is 0 Å². The number of fused-ring (bicyclic) bond motifs is 4. The Hall–Kier alpha value is -4.77. The summed E-state index contributed by atoms with van der Waals surface area (Å²) in [6.07, 6.45) is 5.82. The third-order valence-electron chi connectivity index (χ3n) is 9.83. The van der Waals surface area contributed by atoms with Gasteiger partial charge in [0.05, 0.1) is 47.6 Å². The van der Waals surface area contributed by atoms with Crippen LogP contribution in [0.2, 0.25) is 10.0 Å². The molecule has 264 valence electrons. The second-order valence-corrected chi connectivity index (χ2v) is 13.7. The fourth-order valence-corrected chi connectivity index (χ4v) is 7.52. The van der Waals surface area contributed by atoms with Gasteiger partial charge >= 0.3 is 12.1 Å². The molecular formula is C39H38Cl2N4O6. The Morgan fingerprint density at radius 2 is 1.71 bits per heavy atom. The summed E-state index contributed by atoms with van der Waals surface area (Å²) in [5, 5.41) is 1.71. The minimum absolute atomic E-state index is 0.141. The molecule has 1 N–H and O–H groups in total. The average molecular weight is 730 g/mol. The van der Waals surface area contributed by atoms with Gasteiger partial charge in [0.1, 0.15) is 12.2 Å². The molecule has 51 heavy (non-hydrogen) atoms. The number of methoxy groups -OCH3 is 2. The van der Waals surface area contributed by atoms with Gasteiger partial charge in [-0.15, -0.1) is 0 Å². The number of H-pyrrole nitrogens is 1. The molecule has 3 saturated heterocycles. The van der Waals surface area contributed by atoms with Crippen molar-refractivity contribution in [2.45, 2.75) is 38.0 Å². The Bertz CT molecular complexity index is 2010. The summed E-state index contributed by atoms with van der Waals surface area (Å²) >= 11 is 12.9. The van der Waals surface area contributed by atoms with E-state index in [0.29, 0.717) is 44.2 Å². The Morgan fingerprint density at radius 3 is 2.39 bits per heavy atom. The number of nitrogens with zero attached hydrogens (tertiary/aromatic N) is 3. The van der Waals surface area contributed by atoms with Crippen molar-refractivity contribution in [1.29, 1.82) is 0 Å². The molecule has 1 amide bonds. The Labute approximate surface area is 306 Å². The van der Waals surface area contributed by atoms with Gasteiger partial charge in [-0.05, 0) is 84.9 Å². The molecule has 2 atom stereocenters. The number of halogens is 2. The molecule has 3 aliphatic rings. The van der Waals surface area contributed by atoms with E-state index in [1.54, 1.807) is 42.3 Å². The maximum absolute atomic E-state index is 13.9. The second-order valence-electron chi connectivity index (χ2n) is 12.9. The quantitative estimate of drug-likeness (QED) is 0.136. The number of rotatable bonds is 11. The van der Waals surface area contributed by atoms with Crippen molar-refractivity contribution in [1.82, 2.24) is 14.9 Å². The number of pyridine rings is 1. The van der Waals surface area contributed by atoms with Crippen molar-refractivity contribution in [3.8, 4) is 11.5 Å². The molecule has 12 heteroatoms. The highest BCUT2D eigenvalue weighted by molar-refractivity contribution is 6.35. The highest BCUT2D eigenvalue weighted by atomic mass is 35.5. The van der Waals surface area contributed by atoms with Gasteiger partial charge in [-0.3, -0.25) is 14.8 Å². The number of carbonyl (C=O) groups excluding carboxylic acids is 2. The number of hydrogen-bond donors (Lipinski definition) is 1. The summed E-state index contributed by atoms with van der Waals surface area (Å²) in [4.78, 5) is 39.0. The predicted octanol–water partition coefficient (Wildman–Crippen LogP) is 8.27. The largest absolute Gasteiger partial charge is 0.493 e. The third kappa shape index (κ3) is 7.49. The van der Waals surface area contributed by atoms with E-state index in [4.69, 9.17) is 42.1 Å². The number of aromatic nitrogens is 2. The van der Waals surface area contributed by atoms with Crippen molar-refractivity contribution in [2.75, 3.05) is 38.8 Å². The van der Waals surface area contributed by atoms with Gasteiger partial charge in [-0.25, -0.2) is 9.59 Å². The van der Waals surface area contributed by atoms with Crippen LogP contribution in [0.25, 0.3) is 10.9 Å². The van der Waals surface area contributed by atoms with Crippen molar-refractivity contribution < 1.29 is 28.5 Å². The molecular weight excluding hydrogens is 691 g/mol. The Kier molecular flexibility index (Phi) is 10.4. The van der Waals surface area contributed by atoms with Gasteiger partial charge in [0.15, 0.2) is 11.5 Å². The van der Waals surface area contributed by atoms with Gasteiger partial charge in [0.25, 0.3) is 0 Å². The molecule has 2 bridgehead atoms. The first-order chi connectivity index (χ1) is 24.8. The lowest BCUT2D eigenvalue weighted by Crippen LogP contribution is -2.53. The zero-order chi connectivity index (χ0) is 35.5. The van der Waals surface area contributed by atoms with E-state index in [2.05, 4.69) is 14.9 Å². The molecule has 0 radical (unpaired) electrons. The Morgan fingerprint density at radius 1 is 0.961 bits per heavy atom. The maximum Gasteiger partial charge on any atom is 0.414 e. The monoisotopic (exact) mass is 728 g/mol. The smallest absolute Gasteiger partial charge is 0.414 e. The van der Waals surface area contributed by atoms with Crippen molar-refractivity contribution in [2.24, 2.45) is 5.92 Å². The van der Waals surface area contributed by atoms with Crippen LogP contribution in [0.15, 0.2) is 85.3 Å². The zero-order valence-electron chi connectivity index (χ0n) is 28.3.